The minimum absolute atomic E-state index is 0.113. The number of nitrogens with zero attached hydrogens (tertiary/aromatic N) is 2. The van der Waals surface area contributed by atoms with E-state index in [0.29, 0.717) is 5.13 Å². The van der Waals surface area contributed by atoms with Gasteiger partial charge in [0.2, 0.25) is 0 Å². The summed E-state index contributed by atoms with van der Waals surface area (Å²) in [5, 5.41) is 9.24. The summed E-state index contributed by atoms with van der Waals surface area (Å²) in [5.74, 6) is 0. The predicted molar refractivity (Wildman–Crippen MR) is 78.9 cm³/mol. The number of rotatable bonds is 4. The number of carbonyl (C=O) groups excluding carboxylic acids is 1. The maximum atomic E-state index is 11.8. The molecule has 0 aliphatic carbocycles. The number of aromatic nitrogens is 2. The summed E-state index contributed by atoms with van der Waals surface area (Å²) in [7, 11) is 0. The molecule has 0 bridgehead atoms. The van der Waals surface area contributed by atoms with Crippen LogP contribution >= 0.6 is 22.7 Å². The van der Waals surface area contributed by atoms with Crippen LogP contribution in [0.2, 0.25) is 0 Å². The summed E-state index contributed by atoms with van der Waals surface area (Å²) in [5.41, 5.74) is 0.896. The number of hydrogen-bond donors (Lipinski definition) is 2. The highest BCUT2D eigenvalue weighted by atomic mass is 32.1. The highest BCUT2D eigenvalue weighted by molar-refractivity contribution is 7.15. The van der Waals surface area contributed by atoms with Crippen molar-refractivity contribution in [3.63, 3.8) is 0 Å². The van der Waals surface area contributed by atoms with E-state index in [4.69, 9.17) is 0 Å². The Balaban J connectivity index is 1.91. The number of anilines is 1. The number of hydrogen-bond acceptors (Lipinski definition) is 5. The number of carbonyl (C=O) groups is 1. The predicted octanol–water partition coefficient (Wildman–Crippen LogP) is 3.35. The molecule has 0 aliphatic rings. The molecule has 0 aromatic carbocycles. The van der Waals surface area contributed by atoms with Gasteiger partial charge in [-0.15, -0.1) is 22.7 Å². The van der Waals surface area contributed by atoms with E-state index in [-0.39, 0.29) is 12.1 Å². The summed E-state index contributed by atoms with van der Waals surface area (Å²) in [6, 6.07) is -0.370. The molecule has 0 saturated carbocycles. The van der Waals surface area contributed by atoms with Crippen molar-refractivity contribution in [1.82, 2.24) is 15.3 Å². The Morgan fingerprint density at radius 3 is 2.89 bits per heavy atom. The lowest BCUT2D eigenvalue weighted by Crippen LogP contribution is -2.31. The molecule has 0 saturated heterocycles. The van der Waals surface area contributed by atoms with E-state index in [1.807, 2.05) is 19.2 Å². The number of nitrogens with one attached hydrogen (secondary N) is 2. The third-order valence-electron chi connectivity index (χ3n) is 2.50. The Hall–Kier alpha value is -1.47. The number of amides is 2. The van der Waals surface area contributed by atoms with Crippen molar-refractivity contribution in [2.75, 3.05) is 5.32 Å². The second kappa shape index (κ2) is 6.12. The van der Waals surface area contributed by atoms with Gasteiger partial charge in [0.1, 0.15) is 0 Å². The van der Waals surface area contributed by atoms with Crippen molar-refractivity contribution in [2.45, 2.75) is 33.2 Å². The summed E-state index contributed by atoms with van der Waals surface area (Å²) >= 11 is 3.07. The van der Waals surface area contributed by atoms with Crippen LogP contribution in [0.1, 0.15) is 35.5 Å². The van der Waals surface area contributed by atoms with E-state index < -0.39 is 0 Å². The Labute approximate surface area is 120 Å². The molecule has 2 rings (SSSR count). The smallest absolute Gasteiger partial charge is 0.321 e. The van der Waals surface area contributed by atoms with Gasteiger partial charge in [0.25, 0.3) is 0 Å². The lowest BCUT2D eigenvalue weighted by Gasteiger charge is -2.11. The average Bonchev–Trinajstić information content (AvgIpc) is 2.98. The van der Waals surface area contributed by atoms with Crippen molar-refractivity contribution in [3.05, 3.63) is 27.2 Å². The van der Waals surface area contributed by atoms with E-state index in [1.165, 1.54) is 11.3 Å². The normalized spacial score (nSPS) is 12.2. The lowest BCUT2D eigenvalue weighted by atomic mass is 10.3. The number of urea groups is 1. The van der Waals surface area contributed by atoms with Crippen LogP contribution in [-0.2, 0) is 6.42 Å². The minimum Gasteiger partial charge on any atom is -0.330 e. The molecule has 19 heavy (non-hydrogen) atoms. The molecule has 2 heterocycles. The molecule has 2 amide bonds. The molecule has 0 radical (unpaired) electrons. The fourth-order valence-electron chi connectivity index (χ4n) is 1.50. The summed E-state index contributed by atoms with van der Waals surface area (Å²) in [4.78, 5) is 21.4. The van der Waals surface area contributed by atoms with Crippen LogP contribution in [0, 0.1) is 6.92 Å². The maximum Gasteiger partial charge on any atom is 0.321 e. The van der Waals surface area contributed by atoms with Crippen LogP contribution < -0.4 is 10.6 Å². The molecule has 1 unspecified atom stereocenters. The van der Waals surface area contributed by atoms with Gasteiger partial charge in [0.15, 0.2) is 5.13 Å². The standard InChI is InChI=1S/C12H16N4OS2/c1-4-10-15-9(6-18-10)8(3)14-11(17)16-12-13-5-7(2)19-12/h5-6,8H,4H2,1-3H3,(H2,13,14,16,17). The van der Waals surface area contributed by atoms with Crippen molar-refractivity contribution < 1.29 is 4.79 Å². The van der Waals surface area contributed by atoms with Crippen LogP contribution in [0.15, 0.2) is 11.6 Å². The largest absolute Gasteiger partial charge is 0.330 e. The van der Waals surface area contributed by atoms with Gasteiger partial charge < -0.3 is 5.32 Å². The molecular formula is C12H16N4OS2. The molecule has 1 atom stereocenters. The van der Waals surface area contributed by atoms with Gasteiger partial charge in [-0.25, -0.2) is 14.8 Å². The Kier molecular flexibility index (Phi) is 4.49. The lowest BCUT2D eigenvalue weighted by molar-refractivity contribution is 0.249. The quantitative estimate of drug-likeness (QED) is 0.909. The third kappa shape index (κ3) is 3.74. The first-order chi connectivity index (χ1) is 9.08. The Morgan fingerprint density at radius 1 is 1.53 bits per heavy atom. The first-order valence-electron chi connectivity index (χ1n) is 6.02. The highest BCUT2D eigenvalue weighted by Crippen LogP contribution is 2.18. The highest BCUT2D eigenvalue weighted by Gasteiger charge is 2.13. The molecule has 102 valence electrons. The molecule has 5 nitrogen and oxygen atoms in total. The van der Waals surface area contributed by atoms with Crippen LogP contribution in [0.5, 0.6) is 0 Å². The zero-order valence-electron chi connectivity index (χ0n) is 11.1. The van der Waals surface area contributed by atoms with Crippen molar-refractivity contribution in [2.24, 2.45) is 0 Å². The molecular weight excluding hydrogens is 280 g/mol. The number of aryl methyl sites for hydroxylation is 2. The maximum absolute atomic E-state index is 11.8. The van der Waals surface area contributed by atoms with E-state index >= 15 is 0 Å². The van der Waals surface area contributed by atoms with Gasteiger partial charge in [0.05, 0.1) is 16.7 Å². The van der Waals surface area contributed by atoms with Crippen molar-refractivity contribution >= 4 is 33.8 Å². The minimum atomic E-state index is -0.257. The summed E-state index contributed by atoms with van der Waals surface area (Å²) in [6.07, 6.45) is 2.65. The molecule has 0 aliphatic heterocycles. The van der Waals surface area contributed by atoms with Crippen molar-refractivity contribution in [1.29, 1.82) is 0 Å². The summed E-state index contributed by atoms with van der Waals surface area (Å²) < 4.78 is 0. The Bertz CT molecular complexity index is 564. The summed E-state index contributed by atoms with van der Waals surface area (Å²) in [6.45, 7) is 5.93. The first-order valence-corrected chi connectivity index (χ1v) is 7.72. The molecule has 0 spiro atoms. The van der Waals surface area contributed by atoms with Crippen LogP contribution in [0.25, 0.3) is 0 Å². The van der Waals surface area contributed by atoms with Crippen LogP contribution in [0.4, 0.5) is 9.93 Å². The Morgan fingerprint density at radius 2 is 2.32 bits per heavy atom. The van der Waals surface area contributed by atoms with Gasteiger partial charge in [-0.05, 0) is 20.3 Å². The van der Waals surface area contributed by atoms with Gasteiger partial charge in [-0.3, -0.25) is 5.32 Å². The van der Waals surface area contributed by atoms with Crippen LogP contribution in [-0.4, -0.2) is 16.0 Å². The molecule has 2 aromatic rings. The SMILES string of the molecule is CCc1nc(C(C)NC(=O)Nc2ncc(C)s2)cs1. The second-order valence-electron chi connectivity index (χ2n) is 4.12. The molecule has 0 fully saturated rings. The van der Waals surface area contributed by atoms with Gasteiger partial charge in [0, 0.05) is 16.5 Å². The second-order valence-corrected chi connectivity index (χ2v) is 6.29. The zero-order valence-corrected chi connectivity index (χ0v) is 12.7. The molecule has 7 heteroatoms. The zero-order chi connectivity index (χ0) is 13.8. The third-order valence-corrected chi connectivity index (χ3v) is 4.34. The van der Waals surface area contributed by atoms with E-state index in [9.17, 15) is 4.79 Å². The number of thiazole rings is 2. The topological polar surface area (TPSA) is 66.9 Å². The average molecular weight is 296 g/mol. The molecule has 2 N–H and O–H groups in total. The van der Waals surface area contributed by atoms with Crippen molar-refractivity contribution in [3.8, 4) is 0 Å². The van der Waals surface area contributed by atoms with Gasteiger partial charge in [-0.2, -0.15) is 0 Å². The van der Waals surface area contributed by atoms with Crippen LogP contribution in [0.3, 0.4) is 0 Å². The van der Waals surface area contributed by atoms with Gasteiger partial charge >= 0.3 is 6.03 Å². The fraction of sp³-hybridized carbons (Fsp3) is 0.417. The van der Waals surface area contributed by atoms with E-state index in [1.54, 1.807) is 17.5 Å². The molecule has 2 aromatic heterocycles. The first kappa shape index (κ1) is 14.0. The fourth-order valence-corrected chi connectivity index (χ4v) is 3.00. The van der Waals surface area contributed by atoms with E-state index in [2.05, 4.69) is 27.5 Å². The van der Waals surface area contributed by atoms with Gasteiger partial charge in [-0.1, -0.05) is 6.92 Å². The van der Waals surface area contributed by atoms with E-state index in [0.717, 1.165) is 22.0 Å². The monoisotopic (exact) mass is 296 g/mol.